The molecule has 114 valence electrons. The molecule has 1 amide bonds. The van der Waals surface area contributed by atoms with Crippen molar-refractivity contribution in [2.24, 2.45) is 0 Å². The molecule has 0 aliphatic carbocycles. The van der Waals surface area contributed by atoms with Gasteiger partial charge in [0.15, 0.2) is 18.2 Å². The molecule has 5 nitrogen and oxygen atoms in total. The van der Waals surface area contributed by atoms with Crippen LogP contribution in [0.1, 0.15) is 17.3 Å². The Labute approximate surface area is 133 Å². The van der Waals surface area contributed by atoms with E-state index in [0.717, 1.165) is 0 Å². The third kappa shape index (κ3) is 4.05. The molecule has 0 atom stereocenters. The number of aromatic nitrogens is 1. The maximum atomic E-state index is 12.0. The van der Waals surface area contributed by atoms with Crippen LogP contribution in [0.15, 0.2) is 42.7 Å². The normalized spacial score (nSPS) is 10.1. The van der Waals surface area contributed by atoms with Gasteiger partial charge in [-0.15, -0.1) is 0 Å². The van der Waals surface area contributed by atoms with Gasteiger partial charge in [-0.3, -0.25) is 9.59 Å². The second-order valence-corrected chi connectivity index (χ2v) is 5.13. The molecule has 0 saturated carbocycles. The van der Waals surface area contributed by atoms with Gasteiger partial charge in [0.05, 0.1) is 17.7 Å². The molecule has 1 heterocycles. The average Bonchev–Trinajstić information content (AvgIpc) is 2.47. The quantitative estimate of drug-likeness (QED) is 0.680. The molecule has 0 radical (unpaired) electrons. The highest BCUT2D eigenvalue weighted by Gasteiger charge is 2.12. The molecule has 1 aromatic heterocycles. The van der Waals surface area contributed by atoms with Crippen LogP contribution in [0.2, 0.25) is 5.02 Å². The number of carbonyl (C=O) groups is 2. The van der Waals surface area contributed by atoms with Gasteiger partial charge in [-0.2, -0.15) is 4.57 Å². The van der Waals surface area contributed by atoms with Gasteiger partial charge < -0.3 is 10.1 Å². The van der Waals surface area contributed by atoms with Crippen molar-refractivity contribution < 1.29 is 18.9 Å². The van der Waals surface area contributed by atoms with Crippen molar-refractivity contribution in [3.63, 3.8) is 0 Å². The number of carbonyl (C=O) groups excluding carboxylic acids is 2. The molecule has 0 aliphatic rings. The topological polar surface area (TPSA) is 59.3 Å². The number of halogens is 1. The number of benzene rings is 1. The fraction of sp³-hybridized carbons (Fsp3) is 0.188. The zero-order chi connectivity index (χ0) is 16.1. The number of amides is 1. The lowest BCUT2D eigenvalue weighted by molar-refractivity contribution is -0.684. The fourth-order valence-corrected chi connectivity index (χ4v) is 2.20. The minimum absolute atomic E-state index is 0.0447. The second kappa shape index (κ2) is 7.04. The number of pyridine rings is 1. The van der Waals surface area contributed by atoms with E-state index in [0.29, 0.717) is 22.0 Å². The molecule has 0 bridgehead atoms. The minimum Gasteiger partial charge on any atom is -0.495 e. The Morgan fingerprint density at radius 1 is 1.32 bits per heavy atom. The number of ketones is 1. The molecule has 0 spiro atoms. The van der Waals surface area contributed by atoms with Crippen LogP contribution in [0.5, 0.6) is 5.75 Å². The number of ether oxygens (including phenoxy) is 1. The van der Waals surface area contributed by atoms with E-state index >= 15 is 0 Å². The van der Waals surface area contributed by atoms with Crippen molar-refractivity contribution in [1.82, 2.24) is 0 Å². The van der Waals surface area contributed by atoms with E-state index < -0.39 is 0 Å². The van der Waals surface area contributed by atoms with E-state index in [9.17, 15) is 9.59 Å². The summed E-state index contributed by atoms with van der Waals surface area (Å²) in [6, 6.07) is 8.45. The van der Waals surface area contributed by atoms with E-state index in [1.54, 1.807) is 47.3 Å². The molecule has 0 fully saturated rings. The maximum absolute atomic E-state index is 12.0. The van der Waals surface area contributed by atoms with Gasteiger partial charge >= 0.3 is 0 Å². The molecule has 2 aromatic rings. The maximum Gasteiger partial charge on any atom is 0.290 e. The molecule has 0 aliphatic heterocycles. The lowest BCUT2D eigenvalue weighted by Gasteiger charge is -2.07. The number of hydrogen-bond acceptors (Lipinski definition) is 3. The highest BCUT2D eigenvalue weighted by molar-refractivity contribution is 6.32. The summed E-state index contributed by atoms with van der Waals surface area (Å²) >= 11 is 6.01. The zero-order valence-electron chi connectivity index (χ0n) is 12.3. The van der Waals surface area contributed by atoms with Gasteiger partial charge in [0.2, 0.25) is 6.54 Å². The van der Waals surface area contributed by atoms with Crippen LogP contribution in [-0.2, 0) is 11.3 Å². The SMILES string of the molecule is COc1ccc(NC(=O)C[n+]2cccc(C(C)=O)c2)cc1Cl. The highest BCUT2D eigenvalue weighted by Crippen LogP contribution is 2.27. The van der Waals surface area contributed by atoms with Crippen LogP contribution in [0.3, 0.4) is 0 Å². The third-order valence-corrected chi connectivity index (χ3v) is 3.32. The first-order valence-corrected chi connectivity index (χ1v) is 7.01. The molecule has 0 saturated heterocycles. The number of anilines is 1. The summed E-state index contributed by atoms with van der Waals surface area (Å²) in [5.41, 5.74) is 1.14. The van der Waals surface area contributed by atoms with Gasteiger partial charge in [-0.25, -0.2) is 0 Å². The second-order valence-electron chi connectivity index (χ2n) is 4.72. The van der Waals surface area contributed by atoms with E-state index in [1.165, 1.54) is 14.0 Å². The van der Waals surface area contributed by atoms with Crippen molar-refractivity contribution in [2.75, 3.05) is 12.4 Å². The van der Waals surface area contributed by atoms with Crippen molar-refractivity contribution >= 4 is 29.0 Å². The van der Waals surface area contributed by atoms with Crippen LogP contribution in [0.25, 0.3) is 0 Å². The van der Waals surface area contributed by atoms with E-state index in [2.05, 4.69) is 5.32 Å². The minimum atomic E-state index is -0.216. The van der Waals surface area contributed by atoms with Crippen molar-refractivity contribution in [2.45, 2.75) is 13.5 Å². The van der Waals surface area contributed by atoms with Gasteiger partial charge in [0, 0.05) is 11.8 Å². The Balaban J connectivity index is 2.05. The summed E-state index contributed by atoms with van der Waals surface area (Å²) in [5, 5.41) is 3.17. The summed E-state index contributed by atoms with van der Waals surface area (Å²) in [6.07, 6.45) is 3.37. The lowest BCUT2D eigenvalue weighted by Crippen LogP contribution is -2.40. The zero-order valence-corrected chi connectivity index (χ0v) is 13.1. The predicted molar refractivity (Wildman–Crippen MR) is 83.3 cm³/mol. The average molecular weight is 320 g/mol. The molecule has 1 aromatic carbocycles. The molecule has 1 N–H and O–H groups in total. The summed E-state index contributed by atoms with van der Waals surface area (Å²) in [6.45, 7) is 1.59. The number of nitrogens with zero attached hydrogens (tertiary/aromatic N) is 1. The summed E-state index contributed by atoms with van der Waals surface area (Å²) < 4.78 is 6.71. The van der Waals surface area contributed by atoms with Crippen LogP contribution >= 0.6 is 11.6 Å². The van der Waals surface area contributed by atoms with Crippen molar-refractivity contribution in [3.05, 3.63) is 53.3 Å². The lowest BCUT2D eigenvalue weighted by atomic mass is 10.2. The van der Waals surface area contributed by atoms with Gasteiger partial charge in [-0.1, -0.05) is 11.6 Å². The summed E-state index contributed by atoms with van der Waals surface area (Å²) in [7, 11) is 1.53. The van der Waals surface area contributed by atoms with Crippen molar-refractivity contribution in [1.29, 1.82) is 0 Å². The molecule has 6 heteroatoms. The fourth-order valence-electron chi connectivity index (χ4n) is 1.94. The van der Waals surface area contributed by atoms with E-state index in [1.807, 2.05) is 0 Å². The van der Waals surface area contributed by atoms with Crippen LogP contribution in [-0.4, -0.2) is 18.8 Å². The van der Waals surface area contributed by atoms with Gasteiger partial charge in [0.25, 0.3) is 5.91 Å². The largest absolute Gasteiger partial charge is 0.495 e. The number of rotatable bonds is 5. The van der Waals surface area contributed by atoms with Gasteiger partial charge in [-0.05, 0) is 31.2 Å². The van der Waals surface area contributed by atoms with Crippen LogP contribution in [0.4, 0.5) is 5.69 Å². The Morgan fingerprint density at radius 3 is 2.73 bits per heavy atom. The first-order chi connectivity index (χ1) is 10.5. The van der Waals surface area contributed by atoms with Crippen molar-refractivity contribution in [3.8, 4) is 5.75 Å². The number of nitrogens with one attached hydrogen (secondary N) is 1. The standard InChI is InChI=1S/C16H15ClN2O3/c1-11(20)12-4-3-7-19(9-12)10-16(21)18-13-5-6-15(22-2)14(17)8-13/h3-9H,10H2,1-2H3/p+1. The Kier molecular flexibility index (Phi) is 5.12. The number of Topliss-reactive ketones (excluding diaryl/α,β-unsaturated/α-hetero) is 1. The van der Waals surface area contributed by atoms with Gasteiger partial charge in [0.1, 0.15) is 5.75 Å². The molecule has 0 unspecified atom stereocenters. The van der Waals surface area contributed by atoms with E-state index in [-0.39, 0.29) is 18.2 Å². The Bertz CT molecular complexity index is 716. The molecular weight excluding hydrogens is 304 g/mol. The molecule has 2 rings (SSSR count). The van der Waals surface area contributed by atoms with E-state index in [4.69, 9.17) is 16.3 Å². The monoisotopic (exact) mass is 319 g/mol. The highest BCUT2D eigenvalue weighted by atomic mass is 35.5. The molecular formula is C16H16ClN2O3+. The van der Waals surface area contributed by atoms with Crippen LogP contribution in [0, 0.1) is 0 Å². The summed E-state index contributed by atoms with van der Waals surface area (Å²) in [4.78, 5) is 23.4. The Hall–Kier alpha value is -2.40. The number of hydrogen-bond donors (Lipinski definition) is 1. The first-order valence-electron chi connectivity index (χ1n) is 6.63. The van der Waals surface area contributed by atoms with Crippen LogP contribution < -0.4 is 14.6 Å². The predicted octanol–water partition coefficient (Wildman–Crippen LogP) is 2.48. The third-order valence-electron chi connectivity index (χ3n) is 3.03. The first kappa shape index (κ1) is 16.0. The smallest absolute Gasteiger partial charge is 0.290 e. The Morgan fingerprint density at radius 2 is 2.09 bits per heavy atom. The number of methoxy groups -OCH3 is 1. The summed E-state index contributed by atoms with van der Waals surface area (Å²) in [5.74, 6) is 0.284. The molecule has 22 heavy (non-hydrogen) atoms.